The van der Waals surface area contributed by atoms with Crippen molar-refractivity contribution in [2.75, 3.05) is 6.54 Å². The van der Waals surface area contributed by atoms with Gasteiger partial charge in [-0.25, -0.2) is 4.39 Å². The van der Waals surface area contributed by atoms with E-state index in [4.69, 9.17) is 17.3 Å². The quantitative estimate of drug-likeness (QED) is 0.838. The first-order valence-corrected chi connectivity index (χ1v) is 5.03. The lowest BCUT2D eigenvalue weighted by atomic mass is 10.2. The van der Waals surface area contributed by atoms with Crippen LogP contribution in [0.5, 0.6) is 0 Å². The van der Waals surface area contributed by atoms with Crippen LogP contribution in [0, 0.1) is 6.92 Å². The summed E-state index contributed by atoms with van der Waals surface area (Å²) < 4.78 is 14.8. The second kappa shape index (κ2) is 4.75. The molecule has 1 aromatic rings. The molecule has 14 heavy (non-hydrogen) atoms. The Kier molecular flexibility index (Phi) is 3.89. The van der Waals surface area contributed by atoms with Crippen molar-refractivity contribution >= 4 is 11.6 Å². The largest absolute Gasteiger partial charge is 0.328 e. The molecule has 0 amide bonds. The van der Waals surface area contributed by atoms with E-state index in [1.165, 1.54) is 0 Å². The van der Waals surface area contributed by atoms with E-state index >= 15 is 0 Å². The average molecular weight is 220 g/mol. The van der Waals surface area contributed by atoms with Crippen LogP contribution in [0.3, 0.4) is 0 Å². The van der Waals surface area contributed by atoms with Crippen molar-refractivity contribution < 1.29 is 4.39 Å². The Morgan fingerprint density at radius 2 is 2.29 bits per heavy atom. The van der Waals surface area contributed by atoms with Crippen LogP contribution in [0.15, 0.2) is 0 Å². The zero-order chi connectivity index (χ0) is 10.7. The Balaban J connectivity index is 2.93. The molecule has 0 radical (unpaired) electrons. The third-order valence-corrected chi connectivity index (χ3v) is 2.62. The predicted molar refractivity (Wildman–Crippen MR) is 55.3 cm³/mol. The van der Waals surface area contributed by atoms with Gasteiger partial charge in [-0.1, -0.05) is 11.6 Å². The number of aryl methyl sites for hydroxylation is 2. The van der Waals surface area contributed by atoms with Gasteiger partial charge in [0.05, 0.1) is 16.4 Å². The molecule has 1 rings (SSSR count). The number of alkyl halides is 1. The lowest BCUT2D eigenvalue weighted by molar-refractivity contribution is 0.333. The minimum Gasteiger partial charge on any atom is -0.328 e. The molecule has 0 spiro atoms. The highest BCUT2D eigenvalue weighted by molar-refractivity contribution is 6.31. The summed E-state index contributed by atoms with van der Waals surface area (Å²) in [4.78, 5) is 0. The van der Waals surface area contributed by atoms with Gasteiger partial charge in [0.15, 0.2) is 0 Å². The van der Waals surface area contributed by atoms with Crippen molar-refractivity contribution in [3.8, 4) is 0 Å². The first-order chi connectivity index (χ1) is 6.60. The lowest BCUT2D eigenvalue weighted by Crippen LogP contribution is -2.19. The lowest BCUT2D eigenvalue weighted by Gasteiger charge is -2.07. The summed E-state index contributed by atoms with van der Waals surface area (Å²) in [5, 5.41) is 4.75. The van der Waals surface area contributed by atoms with Gasteiger partial charge < -0.3 is 5.73 Å². The highest BCUT2D eigenvalue weighted by Crippen LogP contribution is 2.21. The Hall–Kier alpha value is -0.610. The SMILES string of the molecule is CCn1nc(C)c(Cl)c1CC(F)CN. The Bertz CT molecular complexity index is 311. The van der Waals surface area contributed by atoms with Gasteiger partial charge in [-0.15, -0.1) is 0 Å². The molecule has 2 N–H and O–H groups in total. The van der Waals surface area contributed by atoms with E-state index in [1.807, 2.05) is 13.8 Å². The van der Waals surface area contributed by atoms with Crippen molar-refractivity contribution in [2.24, 2.45) is 5.73 Å². The predicted octanol–water partition coefficient (Wildman–Crippen LogP) is 1.70. The zero-order valence-corrected chi connectivity index (χ0v) is 9.18. The molecule has 0 aliphatic heterocycles. The summed E-state index contributed by atoms with van der Waals surface area (Å²) >= 11 is 6.00. The van der Waals surface area contributed by atoms with Crippen LogP contribution < -0.4 is 5.73 Å². The highest BCUT2D eigenvalue weighted by atomic mass is 35.5. The monoisotopic (exact) mass is 219 g/mol. The van der Waals surface area contributed by atoms with Gasteiger partial charge in [-0.2, -0.15) is 5.10 Å². The molecule has 3 nitrogen and oxygen atoms in total. The fourth-order valence-electron chi connectivity index (χ4n) is 1.36. The van der Waals surface area contributed by atoms with E-state index in [-0.39, 0.29) is 13.0 Å². The number of nitrogens with two attached hydrogens (primary N) is 1. The second-order valence-electron chi connectivity index (χ2n) is 3.20. The van der Waals surface area contributed by atoms with E-state index in [2.05, 4.69) is 5.10 Å². The summed E-state index contributed by atoms with van der Waals surface area (Å²) in [5.41, 5.74) is 6.70. The molecule has 5 heteroatoms. The summed E-state index contributed by atoms with van der Waals surface area (Å²) in [6.45, 7) is 4.47. The molecular weight excluding hydrogens is 205 g/mol. The van der Waals surface area contributed by atoms with Crippen LogP contribution in [-0.4, -0.2) is 22.5 Å². The van der Waals surface area contributed by atoms with Gasteiger partial charge in [0.25, 0.3) is 0 Å². The number of aromatic nitrogens is 2. The second-order valence-corrected chi connectivity index (χ2v) is 3.58. The van der Waals surface area contributed by atoms with Gasteiger partial charge >= 0.3 is 0 Å². The normalized spacial score (nSPS) is 13.2. The third kappa shape index (κ3) is 2.25. The Morgan fingerprint density at radius 3 is 2.79 bits per heavy atom. The van der Waals surface area contributed by atoms with E-state index < -0.39 is 6.17 Å². The first kappa shape index (κ1) is 11.5. The molecule has 1 heterocycles. The van der Waals surface area contributed by atoms with Crippen molar-refractivity contribution in [2.45, 2.75) is 33.0 Å². The number of hydrogen-bond acceptors (Lipinski definition) is 2. The van der Waals surface area contributed by atoms with Crippen molar-refractivity contribution in [1.29, 1.82) is 0 Å². The van der Waals surface area contributed by atoms with E-state index in [0.717, 1.165) is 11.4 Å². The van der Waals surface area contributed by atoms with Crippen LogP contribution in [0.2, 0.25) is 5.02 Å². The molecule has 1 aromatic heterocycles. The fourth-order valence-corrected chi connectivity index (χ4v) is 1.57. The molecule has 0 aromatic carbocycles. The number of rotatable bonds is 4. The van der Waals surface area contributed by atoms with E-state index in [0.29, 0.717) is 11.6 Å². The molecule has 0 fully saturated rings. The number of nitrogens with zero attached hydrogens (tertiary/aromatic N) is 2. The standard InChI is InChI=1S/C9H15ClFN3/c1-3-14-8(4-7(11)5-12)9(10)6(2)13-14/h7H,3-5,12H2,1-2H3. The molecule has 0 saturated heterocycles. The summed E-state index contributed by atoms with van der Waals surface area (Å²) in [6, 6.07) is 0. The van der Waals surface area contributed by atoms with E-state index in [1.54, 1.807) is 4.68 Å². The van der Waals surface area contributed by atoms with Crippen LogP contribution in [0.25, 0.3) is 0 Å². The highest BCUT2D eigenvalue weighted by Gasteiger charge is 2.16. The topological polar surface area (TPSA) is 43.8 Å². The third-order valence-electron chi connectivity index (χ3n) is 2.12. The van der Waals surface area contributed by atoms with Crippen molar-refractivity contribution in [1.82, 2.24) is 9.78 Å². The molecule has 0 aliphatic rings. The molecular formula is C9H15ClFN3. The van der Waals surface area contributed by atoms with E-state index in [9.17, 15) is 4.39 Å². The maximum Gasteiger partial charge on any atom is 0.118 e. The average Bonchev–Trinajstić information content (AvgIpc) is 2.45. The van der Waals surface area contributed by atoms with Crippen LogP contribution in [0.4, 0.5) is 4.39 Å². The molecule has 1 unspecified atom stereocenters. The van der Waals surface area contributed by atoms with Gasteiger partial charge in [0.2, 0.25) is 0 Å². The van der Waals surface area contributed by atoms with Crippen molar-refractivity contribution in [3.63, 3.8) is 0 Å². The number of hydrogen-bond donors (Lipinski definition) is 1. The molecule has 1 atom stereocenters. The van der Waals surface area contributed by atoms with Gasteiger partial charge in [-0.05, 0) is 13.8 Å². The molecule has 0 bridgehead atoms. The van der Waals surface area contributed by atoms with Crippen LogP contribution in [-0.2, 0) is 13.0 Å². The Labute approximate surface area is 88.0 Å². The minimum atomic E-state index is -1.05. The minimum absolute atomic E-state index is 0.0181. The zero-order valence-electron chi connectivity index (χ0n) is 8.43. The molecule has 0 saturated carbocycles. The smallest absolute Gasteiger partial charge is 0.118 e. The maximum atomic E-state index is 13.1. The molecule has 0 aliphatic carbocycles. The van der Waals surface area contributed by atoms with Gasteiger partial charge in [0.1, 0.15) is 6.17 Å². The first-order valence-electron chi connectivity index (χ1n) is 4.66. The fraction of sp³-hybridized carbons (Fsp3) is 0.667. The van der Waals surface area contributed by atoms with Gasteiger partial charge in [0, 0.05) is 19.5 Å². The molecule has 80 valence electrons. The van der Waals surface area contributed by atoms with Crippen LogP contribution in [0.1, 0.15) is 18.3 Å². The van der Waals surface area contributed by atoms with Gasteiger partial charge in [-0.3, -0.25) is 4.68 Å². The summed E-state index contributed by atoms with van der Waals surface area (Å²) in [5.74, 6) is 0. The summed E-state index contributed by atoms with van der Waals surface area (Å²) in [6.07, 6.45) is -0.807. The summed E-state index contributed by atoms with van der Waals surface area (Å²) in [7, 11) is 0. The van der Waals surface area contributed by atoms with Crippen LogP contribution >= 0.6 is 11.6 Å². The maximum absolute atomic E-state index is 13.1. The Morgan fingerprint density at radius 1 is 1.64 bits per heavy atom. The number of halogens is 2. The van der Waals surface area contributed by atoms with Crippen molar-refractivity contribution in [3.05, 3.63) is 16.4 Å².